The van der Waals surface area contributed by atoms with E-state index in [1.807, 2.05) is 6.07 Å². The van der Waals surface area contributed by atoms with Crippen LogP contribution in [-0.2, 0) is 4.79 Å². The molecule has 1 aromatic carbocycles. The van der Waals surface area contributed by atoms with Crippen LogP contribution in [0.4, 0.5) is 5.69 Å². The second-order valence-corrected chi connectivity index (χ2v) is 9.17. The van der Waals surface area contributed by atoms with Gasteiger partial charge in [0.25, 0.3) is 0 Å². The number of benzene rings is 1. The van der Waals surface area contributed by atoms with E-state index in [9.17, 15) is 4.79 Å². The number of likely N-dealkylation sites (tertiary alicyclic amines) is 1. The number of piperidine rings is 1. The third-order valence-corrected chi connectivity index (χ3v) is 7.31. The number of methoxy groups -OCH3 is 1. The lowest BCUT2D eigenvalue weighted by Crippen LogP contribution is -2.39. The molecule has 0 radical (unpaired) electrons. The van der Waals surface area contributed by atoms with Gasteiger partial charge in [-0.15, -0.1) is 0 Å². The van der Waals surface area contributed by atoms with Crippen molar-refractivity contribution in [3.05, 3.63) is 23.2 Å². The van der Waals surface area contributed by atoms with Crippen LogP contribution in [-0.4, -0.2) is 37.6 Å². The van der Waals surface area contributed by atoms with Crippen molar-refractivity contribution in [2.24, 2.45) is 17.3 Å². The number of nitrogens with one attached hydrogen (secondary N) is 1. The molecule has 1 N–H and O–H groups in total. The predicted molar refractivity (Wildman–Crippen MR) is 109 cm³/mol. The van der Waals surface area contributed by atoms with Crippen molar-refractivity contribution in [2.75, 3.05) is 32.1 Å². The van der Waals surface area contributed by atoms with Crippen molar-refractivity contribution >= 4 is 23.2 Å². The summed E-state index contributed by atoms with van der Waals surface area (Å²) in [6, 6.07) is 5.41. The minimum Gasteiger partial charge on any atom is -0.495 e. The Hall–Kier alpha value is -1.26. The Morgan fingerprint density at radius 1 is 1.26 bits per heavy atom. The number of carbonyl (C=O) groups excluding carboxylic acids is 1. The molecule has 0 aromatic heterocycles. The first kappa shape index (κ1) is 19.1. The highest BCUT2D eigenvalue weighted by Gasteiger charge is 2.58. The molecule has 4 nitrogen and oxygen atoms in total. The van der Waals surface area contributed by atoms with Crippen LogP contribution >= 0.6 is 11.6 Å². The molecule has 0 bridgehead atoms. The zero-order valence-corrected chi connectivity index (χ0v) is 17.1. The SMILES string of the molecule is COc1ccc(NC(=O)[C@@H]2CC23CCN(CC2CCCCC2)CC3)cc1Cl. The molecule has 148 valence electrons. The van der Waals surface area contributed by atoms with E-state index in [2.05, 4.69) is 10.2 Å². The van der Waals surface area contributed by atoms with Crippen molar-refractivity contribution in [2.45, 2.75) is 51.4 Å². The second kappa shape index (κ2) is 8.00. The molecule has 2 aliphatic carbocycles. The molecule has 5 heteroatoms. The summed E-state index contributed by atoms with van der Waals surface area (Å²) in [5.74, 6) is 1.85. The van der Waals surface area contributed by atoms with Crippen LogP contribution in [0.3, 0.4) is 0 Å². The number of amides is 1. The summed E-state index contributed by atoms with van der Waals surface area (Å²) in [6.07, 6.45) is 10.5. The Morgan fingerprint density at radius 2 is 2.00 bits per heavy atom. The highest BCUT2D eigenvalue weighted by molar-refractivity contribution is 6.32. The number of halogens is 1. The van der Waals surface area contributed by atoms with Gasteiger partial charge in [0.15, 0.2) is 0 Å². The van der Waals surface area contributed by atoms with Crippen molar-refractivity contribution in [1.29, 1.82) is 0 Å². The molecule has 1 heterocycles. The lowest BCUT2D eigenvalue weighted by Gasteiger charge is -2.36. The first-order chi connectivity index (χ1) is 13.1. The van der Waals surface area contributed by atoms with Crippen LogP contribution in [0.5, 0.6) is 5.75 Å². The number of hydrogen-bond acceptors (Lipinski definition) is 3. The van der Waals surface area contributed by atoms with Crippen LogP contribution in [0.15, 0.2) is 18.2 Å². The second-order valence-electron chi connectivity index (χ2n) is 8.76. The largest absolute Gasteiger partial charge is 0.495 e. The van der Waals surface area contributed by atoms with Gasteiger partial charge in [-0.05, 0) is 74.7 Å². The zero-order valence-electron chi connectivity index (χ0n) is 16.3. The summed E-state index contributed by atoms with van der Waals surface area (Å²) in [4.78, 5) is 15.4. The monoisotopic (exact) mass is 390 g/mol. The number of hydrogen-bond donors (Lipinski definition) is 1. The Morgan fingerprint density at radius 3 is 2.67 bits per heavy atom. The normalized spacial score (nSPS) is 25.3. The molecule has 1 aliphatic heterocycles. The Kier molecular flexibility index (Phi) is 5.65. The Labute approximate surface area is 167 Å². The van der Waals surface area contributed by atoms with Crippen LogP contribution < -0.4 is 10.1 Å². The topological polar surface area (TPSA) is 41.6 Å². The van der Waals surface area contributed by atoms with Gasteiger partial charge < -0.3 is 15.0 Å². The zero-order chi connectivity index (χ0) is 18.9. The van der Waals surface area contributed by atoms with E-state index in [0.29, 0.717) is 10.8 Å². The van der Waals surface area contributed by atoms with Crippen molar-refractivity contribution < 1.29 is 9.53 Å². The first-order valence-corrected chi connectivity index (χ1v) is 10.8. The van der Waals surface area contributed by atoms with E-state index in [1.54, 1.807) is 19.2 Å². The average Bonchev–Trinajstić information content (AvgIpc) is 3.39. The number of carbonyl (C=O) groups is 1. The van der Waals surface area contributed by atoms with Crippen molar-refractivity contribution in [3.8, 4) is 5.75 Å². The van der Waals surface area contributed by atoms with E-state index in [-0.39, 0.29) is 17.2 Å². The summed E-state index contributed by atoms with van der Waals surface area (Å²) in [5.41, 5.74) is 1.01. The molecule has 1 saturated heterocycles. The molecule has 27 heavy (non-hydrogen) atoms. The molecule has 1 spiro atoms. The third-order valence-electron chi connectivity index (χ3n) is 7.02. The number of anilines is 1. The van der Waals surface area contributed by atoms with Crippen LogP contribution in [0.25, 0.3) is 0 Å². The Bertz CT molecular complexity index is 679. The molecule has 4 rings (SSSR count). The molecule has 3 fully saturated rings. The van der Waals surface area contributed by atoms with Gasteiger partial charge in [-0.1, -0.05) is 30.9 Å². The summed E-state index contributed by atoms with van der Waals surface area (Å²) < 4.78 is 5.17. The minimum absolute atomic E-state index is 0.150. The standard InChI is InChI=1S/C22H31ClN2O2/c1-27-20-8-7-17(13-19(20)23)24-21(26)18-14-22(18)9-11-25(12-10-22)15-16-5-3-2-4-6-16/h7-8,13,16,18H,2-6,9-12,14-15H2,1H3,(H,24,26)/t18-/m0/s1. The van der Waals surface area contributed by atoms with Gasteiger partial charge in [0, 0.05) is 18.2 Å². The molecular weight excluding hydrogens is 360 g/mol. The lowest BCUT2D eigenvalue weighted by atomic mass is 9.86. The summed E-state index contributed by atoms with van der Waals surface area (Å²) in [5, 5.41) is 3.58. The maximum atomic E-state index is 12.7. The molecule has 1 atom stereocenters. The summed E-state index contributed by atoms with van der Waals surface area (Å²) in [6.45, 7) is 3.60. The van der Waals surface area contributed by atoms with Crippen molar-refractivity contribution in [1.82, 2.24) is 4.90 Å². The van der Waals surface area contributed by atoms with Crippen molar-refractivity contribution in [3.63, 3.8) is 0 Å². The molecular formula is C22H31ClN2O2. The van der Waals surface area contributed by atoms with E-state index < -0.39 is 0 Å². The fraction of sp³-hybridized carbons (Fsp3) is 0.682. The molecule has 0 unspecified atom stereocenters. The molecule has 3 aliphatic rings. The number of ether oxygens (including phenoxy) is 1. The number of nitrogens with zero attached hydrogens (tertiary/aromatic N) is 1. The first-order valence-electron chi connectivity index (χ1n) is 10.5. The van der Waals surface area contributed by atoms with Gasteiger partial charge in [-0.3, -0.25) is 4.79 Å². The van der Waals surface area contributed by atoms with E-state index in [0.717, 1.165) is 31.1 Å². The minimum atomic E-state index is 0.150. The maximum Gasteiger partial charge on any atom is 0.228 e. The van der Waals surface area contributed by atoms with Gasteiger partial charge in [-0.25, -0.2) is 0 Å². The van der Waals surface area contributed by atoms with Gasteiger partial charge in [-0.2, -0.15) is 0 Å². The third kappa shape index (κ3) is 4.27. The van der Waals surface area contributed by atoms with Crippen LogP contribution in [0.2, 0.25) is 5.02 Å². The van der Waals surface area contributed by atoms with Gasteiger partial charge in [0.2, 0.25) is 5.91 Å². The van der Waals surface area contributed by atoms with Crippen LogP contribution in [0, 0.1) is 17.3 Å². The smallest absolute Gasteiger partial charge is 0.228 e. The fourth-order valence-corrected chi connectivity index (χ4v) is 5.42. The van der Waals surface area contributed by atoms with Crippen LogP contribution in [0.1, 0.15) is 51.4 Å². The Balaban J connectivity index is 1.26. The molecule has 2 saturated carbocycles. The quantitative estimate of drug-likeness (QED) is 0.771. The average molecular weight is 391 g/mol. The predicted octanol–water partition coefficient (Wildman–Crippen LogP) is 4.97. The van der Waals surface area contributed by atoms with E-state index in [1.165, 1.54) is 51.5 Å². The van der Waals surface area contributed by atoms with E-state index in [4.69, 9.17) is 16.3 Å². The van der Waals surface area contributed by atoms with E-state index >= 15 is 0 Å². The fourth-order valence-electron chi connectivity index (χ4n) is 5.16. The van der Waals surface area contributed by atoms with Gasteiger partial charge >= 0.3 is 0 Å². The van der Waals surface area contributed by atoms with Gasteiger partial charge in [0.1, 0.15) is 5.75 Å². The lowest BCUT2D eigenvalue weighted by molar-refractivity contribution is -0.118. The molecule has 1 amide bonds. The van der Waals surface area contributed by atoms with Gasteiger partial charge in [0.05, 0.1) is 12.1 Å². The summed E-state index contributed by atoms with van der Waals surface area (Å²) in [7, 11) is 1.59. The molecule has 1 aromatic rings. The highest BCUT2D eigenvalue weighted by Crippen LogP contribution is 2.59. The highest BCUT2D eigenvalue weighted by atomic mass is 35.5. The summed E-state index contributed by atoms with van der Waals surface area (Å²) >= 11 is 6.16. The number of rotatable bonds is 5. The maximum absolute atomic E-state index is 12.7.